The van der Waals surface area contributed by atoms with Gasteiger partial charge < -0.3 is 14.6 Å². The van der Waals surface area contributed by atoms with Crippen LogP contribution in [0.4, 0.5) is 4.39 Å². The average molecular weight is 351 g/mol. The Morgan fingerprint density at radius 3 is 2.62 bits per heavy atom. The molecule has 5 nitrogen and oxygen atoms in total. The van der Waals surface area contributed by atoms with E-state index in [0.717, 1.165) is 6.07 Å². The molecule has 0 unspecified atom stereocenters. The number of halogens is 2. The molecule has 2 heterocycles. The molecule has 1 N–H and O–H groups in total. The molecule has 0 spiro atoms. The van der Waals surface area contributed by atoms with E-state index in [9.17, 15) is 14.0 Å². The molecular weight excluding hydrogens is 335 g/mol. The lowest BCUT2D eigenvalue weighted by atomic mass is 10.0. The van der Waals surface area contributed by atoms with Crippen LogP contribution in [0.25, 0.3) is 0 Å². The molecule has 2 aromatic rings. The van der Waals surface area contributed by atoms with Crippen LogP contribution in [0.5, 0.6) is 0 Å². The molecule has 126 valence electrons. The van der Waals surface area contributed by atoms with Crippen molar-refractivity contribution in [3.05, 3.63) is 58.8 Å². The third-order valence-electron chi connectivity index (χ3n) is 4.03. The van der Waals surface area contributed by atoms with Crippen LogP contribution in [0.1, 0.15) is 33.8 Å². The van der Waals surface area contributed by atoms with E-state index in [-0.39, 0.29) is 28.4 Å². The summed E-state index contributed by atoms with van der Waals surface area (Å²) in [6.07, 6.45) is 2.74. The van der Waals surface area contributed by atoms with Gasteiger partial charge in [-0.1, -0.05) is 11.6 Å². The number of hydrogen-bond donors (Lipinski definition) is 1. The highest BCUT2D eigenvalue weighted by molar-refractivity contribution is 6.33. The Morgan fingerprint density at radius 1 is 1.25 bits per heavy atom. The van der Waals surface area contributed by atoms with Crippen LogP contribution >= 0.6 is 11.6 Å². The summed E-state index contributed by atoms with van der Waals surface area (Å²) in [5.74, 6) is -0.654. The molecule has 2 amide bonds. The predicted octanol–water partition coefficient (Wildman–Crippen LogP) is 3.11. The summed E-state index contributed by atoms with van der Waals surface area (Å²) in [6, 6.07) is 6.92. The van der Waals surface area contributed by atoms with Crippen molar-refractivity contribution < 1.29 is 18.4 Å². The fourth-order valence-electron chi connectivity index (χ4n) is 2.72. The first-order valence-electron chi connectivity index (χ1n) is 7.63. The Bertz CT molecular complexity index is 740. The number of carbonyl (C=O) groups is 2. The summed E-state index contributed by atoms with van der Waals surface area (Å²) in [4.78, 5) is 26.1. The van der Waals surface area contributed by atoms with Crippen molar-refractivity contribution in [3.63, 3.8) is 0 Å². The third-order valence-corrected chi connectivity index (χ3v) is 4.34. The number of nitrogens with one attached hydrogen (secondary N) is 1. The zero-order valence-corrected chi connectivity index (χ0v) is 13.6. The highest BCUT2D eigenvalue weighted by Gasteiger charge is 2.26. The van der Waals surface area contributed by atoms with Crippen LogP contribution in [0.2, 0.25) is 5.02 Å². The fraction of sp³-hybridized carbons (Fsp3) is 0.294. The SMILES string of the molecule is O=C(NC1CCN(C(=O)c2ccco2)CC1)c1ccc(F)cc1Cl. The van der Waals surface area contributed by atoms with E-state index in [1.807, 2.05) is 0 Å². The molecule has 0 atom stereocenters. The van der Waals surface area contributed by atoms with Gasteiger partial charge in [-0.2, -0.15) is 0 Å². The van der Waals surface area contributed by atoms with Gasteiger partial charge in [-0.3, -0.25) is 9.59 Å². The van der Waals surface area contributed by atoms with Gasteiger partial charge in [-0.05, 0) is 43.2 Å². The number of amides is 2. The molecule has 1 aliphatic heterocycles. The monoisotopic (exact) mass is 350 g/mol. The first kappa shape index (κ1) is 16.5. The maximum atomic E-state index is 13.0. The van der Waals surface area contributed by atoms with E-state index in [4.69, 9.17) is 16.0 Å². The lowest BCUT2D eigenvalue weighted by Gasteiger charge is -2.32. The smallest absolute Gasteiger partial charge is 0.289 e. The summed E-state index contributed by atoms with van der Waals surface area (Å²) >= 11 is 5.90. The number of carbonyl (C=O) groups excluding carboxylic acids is 2. The van der Waals surface area contributed by atoms with Crippen LogP contribution in [0, 0.1) is 5.82 Å². The van der Waals surface area contributed by atoms with Crippen molar-refractivity contribution in [3.8, 4) is 0 Å². The number of benzene rings is 1. The normalized spacial score (nSPS) is 15.3. The number of nitrogens with zero attached hydrogens (tertiary/aromatic N) is 1. The van der Waals surface area contributed by atoms with E-state index in [0.29, 0.717) is 31.7 Å². The molecule has 3 rings (SSSR count). The molecule has 1 fully saturated rings. The second-order valence-electron chi connectivity index (χ2n) is 5.64. The van der Waals surface area contributed by atoms with Crippen molar-refractivity contribution in [2.24, 2.45) is 0 Å². The van der Waals surface area contributed by atoms with Gasteiger partial charge in [0.15, 0.2) is 5.76 Å². The number of furan rings is 1. The van der Waals surface area contributed by atoms with Crippen LogP contribution in [-0.2, 0) is 0 Å². The van der Waals surface area contributed by atoms with Crippen LogP contribution in [-0.4, -0.2) is 35.8 Å². The Morgan fingerprint density at radius 2 is 2.00 bits per heavy atom. The molecule has 7 heteroatoms. The number of hydrogen-bond acceptors (Lipinski definition) is 3. The average Bonchev–Trinajstić information content (AvgIpc) is 3.09. The maximum Gasteiger partial charge on any atom is 0.289 e. The predicted molar refractivity (Wildman–Crippen MR) is 86.5 cm³/mol. The largest absolute Gasteiger partial charge is 0.459 e. The molecule has 1 aromatic heterocycles. The van der Waals surface area contributed by atoms with Gasteiger partial charge in [0.05, 0.1) is 16.8 Å². The van der Waals surface area contributed by atoms with E-state index in [2.05, 4.69) is 5.32 Å². The molecule has 0 saturated carbocycles. The summed E-state index contributed by atoms with van der Waals surface area (Å²) in [7, 11) is 0. The summed E-state index contributed by atoms with van der Waals surface area (Å²) in [5, 5.41) is 2.96. The molecule has 1 saturated heterocycles. The van der Waals surface area contributed by atoms with Crippen molar-refractivity contribution >= 4 is 23.4 Å². The number of rotatable bonds is 3. The fourth-order valence-corrected chi connectivity index (χ4v) is 2.97. The Hall–Kier alpha value is -2.34. The van der Waals surface area contributed by atoms with E-state index >= 15 is 0 Å². The van der Waals surface area contributed by atoms with Crippen LogP contribution < -0.4 is 5.32 Å². The van der Waals surface area contributed by atoms with Crippen molar-refractivity contribution in [1.82, 2.24) is 10.2 Å². The molecule has 0 radical (unpaired) electrons. The first-order chi connectivity index (χ1) is 11.5. The van der Waals surface area contributed by atoms with Crippen LogP contribution in [0.15, 0.2) is 41.0 Å². The van der Waals surface area contributed by atoms with Crippen molar-refractivity contribution in [1.29, 1.82) is 0 Å². The zero-order chi connectivity index (χ0) is 17.1. The highest BCUT2D eigenvalue weighted by atomic mass is 35.5. The summed E-state index contributed by atoms with van der Waals surface area (Å²) in [6.45, 7) is 1.06. The molecule has 1 aromatic carbocycles. The Labute approximate surface area is 143 Å². The van der Waals surface area contributed by atoms with E-state index in [1.54, 1.807) is 17.0 Å². The second kappa shape index (κ2) is 7.05. The van der Waals surface area contributed by atoms with Crippen LogP contribution in [0.3, 0.4) is 0 Å². The Kier molecular flexibility index (Phi) is 4.85. The van der Waals surface area contributed by atoms with Gasteiger partial charge in [0, 0.05) is 19.1 Å². The number of piperidine rings is 1. The van der Waals surface area contributed by atoms with Gasteiger partial charge >= 0.3 is 0 Å². The topological polar surface area (TPSA) is 62.6 Å². The standard InChI is InChI=1S/C17H16ClFN2O3/c18-14-10-11(19)3-4-13(14)16(22)20-12-5-7-21(8-6-12)17(23)15-2-1-9-24-15/h1-4,9-10,12H,5-8H2,(H,20,22). The van der Waals surface area contributed by atoms with Gasteiger partial charge in [-0.15, -0.1) is 0 Å². The minimum atomic E-state index is -0.485. The highest BCUT2D eigenvalue weighted by Crippen LogP contribution is 2.19. The van der Waals surface area contributed by atoms with Gasteiger partial charge in [0.2, 0.25) is 0 Å². The van der Waals surface area contributed by atoms with Gasteiger partial charge in [0.1, 0.15) is 5.82 Å². The zero-order valence-electron chi connectivity index (χ0n) is 12.8. The first-order valence-corrected chi connectivity index (χ1v) is 8.01. The van der Waals surface area contributed by atoms with E-state index < -0.39 is 5.82 Å². The summed E-state index contributed by atoms with van der Waals surface area (Å²) < 4.78 is 18.2. The lowest BCUT2D eigenvalue weighted by molar-refractivity contribution is 0.0667. The molecule has 24 heavy (non-hydrogen) atoms. The quantitative estimate of drug-likeness (QED) is 0.925. The minimum absolute atomic E-state index is 0.0562. The van der Waals surface area contributed by atoms with Gasteiger partial charge in [-0.25, -0.2) is 4.39 Å². The summed E-state index contributed by atoms with van der Waals surface area (Å²) in [5.41, 5.74) is 0.243. The van der Waals surface area contributed by atoms with E-state index in [1.165, 1.54) is 18.4 Å². The molecule has 0 bridgehead atoms. The molecular formula is C17H16ClFN2O3. The molecule has 0 aliphatic carbocycles. The van der Waals surface area contributed by atoms with Gasteiger partial charge in [0.25, 0.3) is 11.8 Å². The maximum absolute atomic E-state index is 13.0. The molecule has 1 aliphatic rings. The van der Waals surface area contributed by atoms with Crippen molar-refractivity contribution in [2.45, 2.75) is 18.9 Å². The minimum Gasteiger partial charge on any atom is -0.459 e. The van der Waals surface area contributed by atoms with Crippen molar-refractivity contribution in [2.75, 3.05) is 13.1 Å². The number of likely N-dealkylation sites (tertiary alicyclic amines) is 1. The second-order valence-corrected chi connectivity index (χ2v) is 6.05. The Balaban J connectivity index is 1.55. The third kappa shape index (κ3) is 3.59. The lowest BCUT2D eigenvalue weighted by Crippen LogP contribution is -2.46.